The number of fused-ring (bicyclic) bond motifs is 1. The number of nitrogens with zero attached hydrogens (tertiary/aromatic N) is 3. The number of sulfone groups is 1. The quantitative estimate of drug-likeness (QED) is 0.493. The zero-order chi connectivity index (χ0) is 25.5. The molecule has 5 rings (SSSR count). The average molecular weight is 562 g/mol. The zero-order valence-corrected chi connectivity index (χ0v) is 23.0. The van der Waals surface area contributed by atoms with Crippen LogP contribution in [0.5, 0.6) is 0 Å². The molecule has 196 valence electrons. The summed E-state index contributed by atoms with van der Waals surface area (Å²) in [5.41, 5.74) is 9.16. The third-order valence-corrected chi connectivity index (χ3v) is 8.99. The number of carbonyl (C=O) groups excluding carboxylic acids is 1. The van der Waals surface area contributed by atoms with E-state index in [4.69, 9.17) is 17.3 Å². The van der Waals surface area contributed by atoms with Gasteiger partial charge in [0.2, 0.25) is 0 Å². The number of carbonyl (C=O) groups is 1. The Balaban J connectivity index is 0.00000320. The molecule has 0 saturated heterocycles. The lowest BCUT2D eigenvalue weighted by molar-refractivity contribution is 0.0572. The third-order valence-electron chi connectivity index (χ3n) is 7.65. The summed E-state index contributed by atoms with van der Waals surface area (Å²) in [6.45, 7) is 1.15. The first kappa shape index (κ1) is 27.5. The minimum atomic E-state index is -3.34. The predicted molar refractivity (Wildman–Crippen MR) is 147 cm³/mol. The number of benzene rings is 2. The van der Waals surface area contributed by atoms with Crippen LogP contribution in [0.2, 0.25) is 5.02 Å². The van der Waals surface area contributed by atoms with Crippen molar-refractivity contribution in [2.45, 2.75) is 48.5 Å². The van der Waals surface area contributed by atoms with E-state index in [9.17, 15) is 13.2 Å². The van der Waals surface area contributed by atoms with Crippen molar-refractivity contribution in [3.05, 3.63) is 76.6 Å². The van der Waals surface area contributed by atoms with Crippen LogP contribution in [-0.2, 0) is 21.7 Å². The van der Waals surface area contributed by atoms with Gasteiger partial charge in [-0.2, -0.15) is 0 Å². The Morgan fingerprint density at radius 2 is 1.86 bits per heavy atom. The van der Waals surface area contributed by atoms with Crippen LogP contribution >= 0.6 is 24.0 Å². The van der Waals surface area contributed by atoms with Crippen LogP contribution in [0.1, 0.15) is 47.3 Å². The van der Waals surface area contributed by atoms with E-state index < -0.39 is 9.84 Å². The van der Waals surface area contributed by atoms with Crippen molar-refractivity contribution in [3.63, 3.8) is 0 Å². The molecule has 7 nitrogen and oxygen atoms in total. The van der Waals surface area contributed by atoms with Crippen LogP contribution in [0.15, 0.2) is 59.6 Å². The fraction of sp³-hybridized carbons (Fsp3) is 0.370. The Labute approximate surface area is 228 Å². The maximum Gasteiger partial charge on any atom is 0.257 e. The minimum Gasteiger partial charge on any atom is -0.335 e. The maximum absolute atomic E-state index is 13.4. The van der Waals surface area contributed by atoms with Crippen LogP contribution < -0.4 is 5.73 Å². The Bertz CT molecular complexity index is 1420. The van der Waals surface area contributed by atoms with E-state index in [0.29, 0.717) is 47.2 Å². The molecule has 0 bridgehead atoms. The van der Waals surface area contributed by atoms with Crippen LogP contribution in [-0.4, -0.2) is 54.6 Å². The smallest absolute Gasteiger partial charge is 0.257 e. The molecular weight excluding hydrogens is 531 g/mol. The molecule has 1 aliphatic heterocycles. The molecule has 2 aliphatic rings. The number of hydrogen-bond acceptors (Lipinski definition) is 6. The molecule has 1 aromatic heterocycles. The normalized spacial score (nSPS) is 21.8. The van der Waals surface area contributed by atoms with E-state index in [1.165, 1.54) is 11.8 Å². The SMILES string of the molecule is CS(=O)(=O)c1cccc(-c2ncc3c(n2)CCN([C@H]2CC[C@](CN)(c4cccc(Cl)c4)CC2)C3=O)c1.Cl. The van der Waals surface area contributed by atoms with E-state index in [2.05, 4.69) is 16.0 Å². The Morgan fingerprint density at radius 1 is 1.14 bits per heavy atom. The van der Waals surface area contributed by atoms with Crippen molar-refractivity contribution < 1.29 is 13.2 Å². The lowest BCUT2D eigenvalue weighted by atomic mass is 9.68. The van der Waals surface area contributed by atoms with Gasteiger partial charge in [0, 0.05) is 54.0 Å². The molecule has 1 aliphatic carbocycles. The number of amides is 1. The summed E-state index contributed by atoms with van der Waals surface area (Å²) in [7, 11) is -3.34. The van der Waals surface area contributed by atoms with E-state index in [-0.39, 0.29) is 34.7 Å². The van der Waals surface area contributed by atoms with Gasteiger partial charge in [0.25, 0.3) is 5.91 Å². The first-order valence-electron chi connectivity index (χ1n) is 12.1. The van der Waals surface area contributed by atoms with Crippen molar-refractivity contribution in [1.82, 2.24) is 14.9 Å². The van der Waals surface area contributed by atoms with Crippen molar-refractivity contribution in [2.24, 2.45) is 5.73 Å². The van der Waals surface area contributed by atoms with Gasteiger partial charge in [-0.3, -0.25) is 4.79 Å². The summed E-state index contributed by atoms with van der Waals surface area (Å²) >= 11 is 6.25. The molecule has 1 fully saturated rings. The van der Waals surface area contributed by atoms with Crippen molar-refractivity contribution in [2.75, 3.05) is 19.3 Å². The topological polar surface area (TPSA) is 106 Å². The highest BCUT2D eigenvalue weighted by molar-refractivity contribution is 7.90. The first-order chi connectivity index (χ1) is 17.2. The molecule has 37 heavy (non-hydrogen) atoms. The van der Waals surface area contributed by atoms with Gasteiger partial charge in [-0.1, -0.05) is 35.9 Å². The molecule has 2 heterocycles. The molecule has 0 atom stereocenters. The molecule has 0 radical (unpaired) electrons. The molecule has 0 unspecified atom stereocenters. The van der Waals surface area contributed by atoms with Crippen molar-refractivity contribution in [3.8, 4) is 11.4 Å². The van der Waals surface area contributed by atoms with Gasteiger partial charge in [0.15, 0.2) is 15.7 Å². The third kappa shape index (κ3) is 5.39. The number of hydrogen-bond donors (Lipinski definition) is 1. The number of nitrogens with two attached hydrogens (primary N) is 1. The highest BCUT2D eigenvalue weighted by Gasteiger charge is 2.40. The molecule has 1 amide bonds. The average Bonchev–Trinajstić information content (AvgIpc) is 2.88. The van der Waals surface area contributed by atoms with Crippen LogP contribution in [0, 0.1) is 0 Å². The van der Waals surface area contributed by atoms with Gasteiger partial charge in [-0.05, 0) is 55.5 Å². The molecule has 10 heteroatoms. The van der Waals surface area contributed by atoms with Crippen molar-refractivity contribution in [1.29, 1.82) is 0 Å². The predicted octanol–water partition coefficient (Wildman–Crippen LogP) is 4.46. The maximum atomic E-state index is 13.4. The Kier molecular flexibility index (Phi) is 7.95. The second kappa shape index (κ2) is 10.7. The fourth-order valence-corrected chi connectivity index (χ4v) is 6.38. The van der Waals surface area contributed by atoms with E-state index in [1.54, 1.807) is 30.5 Å². The van der Waals surface area contributed by atoms with E-state index in [1.807, 2.05) is 23.1 Å². The summed E-state index contributed by atoms with van der Waals surface area (Å²) in [5.74, 6) is 0.383. The Morgan fingerprint density at radius 3 is 2.54 bits per heavy atom. The second-order valence-corrected chi connectivity index (χ2v) is 12.3. The minimum absolute atomic E-state index is 0. The van der Waals surface area contributed by atoms with Crippen molar-refractivity contribution >= 4 is 39.8 Å². The summed E-state index contributed by atoms with van der Waals surface area (Å²) < 4.78 is 23.9. The largest absolute Gasteiger partial charge is 0.335 e. The number of aromatic nitrogens is 2. The summed E-state index contributed by atoms with van der Waals surface area (Å²) in [5, 5.41) is 0.715. The summed E-state index contributed by atoms with van der Waals surface area (Å²) in [4.78, 5) is 24.7. The summed E-state index contributed by atoms with van der Waals surface area (Å²) in [6, 6.07) is 14.7. The number of rotatable bonds is 5. The van der Waals surface area contributed by atoms with E-state index in [0.717, 1.165) is 25.7 Å². The number of halogens is 2. The molecule has 2 N–H and O–H groups in total. The highest BCUT2D eigenvalue weighted by Crippen LogP contribution is 2.41. The van der Waals surface area contributed by atoms with E-state index >= 15 is 0 Å². The lowest BCUT2D eigenvalue weighted by Crippen LogP contribution is -2.49. The standard InChI is InChI=1S/C27H29ClN4O3S.ClH/c1-36(34,35)22-7-2-4-18(14-22)25-30-16-23-24(31-25)10-13-32(26(23)33)21-8-11-27(17-29,12-9-21)19-5-3-6-20(28)15-19;/h2-7,14-16,21H,8-13,17,29H2,1H3;1H/t21-,27-;. The molecule has 1 saturated carbocycles. The highest BCUT2D eigenvalue weighted by atomic mass is 35.5. The lowest BCUT2D eigenvalue weighted by Gasteiger charge is -2.44. The second-order valence-electron chi connectivity index (χ2n) is 9.83. The monoisotopic (exact) mass is 560 g/mol. The fourth-order valence-electron chi connectivity index (χ4n) is 5.52. The zero-order valence-electron chi connectivity index (χ0n) is 20.6. The van der Waals surface area contributed by atoms with Gasteiger partial charge in [0.1, 0.15) is 0 Å². The molecule has 2 aromatic carbocycles. The van der Waals surface area contributed by atoms with Gasteiger partial charge in [-0.15, -0.1) is 12.4 Å². The first-order valence-corrected chi connectivity index (χ1v) is 14.4. The van der Waals surface area contributed by atoms with Crippen LogP contribution in [0.3, 0.4) is 0 Å². The van der Waals surface area contributed by atoms with Gasteiger partial charge in [-0.25, -0.2) is 18.4 Å². The molecular formula is C27H30Cl2N4O3S. The molecule has 3 aromatic rings. The summed E-state index contributed by atoms with van der Waals surface area (Å²) in [6.07, 6.45) is 6.94. The van der Waals surface area contributed by atoms with Crippen LogP contribution in [0.4, 0.5) is 0 Å². The molecule has 0 spiro atoms. The van der Waals surface area contributed by atoms with Gasteiger partial charge < -0.3 is 10.6 Å². The van der Waals surface area contributed by atoms with Crippen LogP contribution in [0.25, 0.3) is 11.4 Å². The Hall–Kier alpha value is -2.52. The van der Waals surface area contributed by atoms with Gasteiger partial charge >= 0.3 is 0 Å². The van der Waals surface area contributed by atoms with Gasteiger partial charge in [0.05, 0.1) is 16.2 Å².